The predicted molar refractivity (Wildman–Crippen MR) is 92.6 cm³/mol. The Hall–Kier alpha value is -2.14. The number of hydrogen-bond donors (Lipinski definition) is 1. The van der Waals surface area contributed by atoms with Crippen LogP contribution in [0.5, 0.6) is 0 Å². The maximum absolute atomic E-state index is 13.2. The van der Waals surface area contributed by atoms with Crippen LogP contribution in [0.2, 0.25) is 5.02 Å². The lowest BCUT2D eigenvalue weighted by Crippen LogP contribution is -2.30. The van der Waals surface area contributed by atoms with Crippen LogP contribution in [0.25, 0.3) is 0 Å². The van der Waals surface area contributed by atoms with Crippen molar-refractivity contribution in [3.8, 4) is 0 Å². The number of nitrogens with zero attached hydrogens (tertiary/aromatic N) is 1. The molecule has 0 heterocycles. The molecule has 0 radical (unpaired) electrons. The fourth-order valence-corrected chi connectivity index (χ4v) is 2.61. The van der Waals surface area contributed by atoms with Gasteiger partial charge in [0.1, 0.15) is 0 Å². The van der Waals surface area contributed by atoms with Crippen molar-refractivity contribution < 1.29 is 13.6 Å². The third-order valence-corrected chi connectivity index (χ3v) is 3.96. The van der Waals surface area contributed by atoms with E-state index in [4.69, 9.17) is 11.6 Å². The maximum atomic E-state index is 13.2. The Morgan fingerprint density at radius 2 is 1.83 bits per heavy atom. The summed E-state index contributed by atoms with van der Waals surface area (Å²) in [5.41, 5.74) is 1.06. The molecule has 0 aliphatic carbocycles. The average Bonchev–Trinajstić information content (AvgIpc) is 2.58. The molecule has 0 aromatic heterocycles. The lowest BCUT2D eigenvalue weighted by atomic mass is 10.2. The summed E-state index contributed by atoms with van der Waals surface area (Å²) in [4.78, 5) is 14.2. The van der Waals surface area contributed by atoms with Crippen LogP contribution >= 0.6 is 11.6 Å². The molecule has 24 heavy (non-hydrogen) atoms. The molecule has 6 heteroatoms. The van der Waals surface area contributed by atoms with E-state index in [0.29, 0.717) is 6.54 Å². The molecule has 0 aliphatic heterocycles. The number of hydrogen-bond acceptors (Lipinski definition) is 2. The predicted octanol–water partition coefficient (Wildman–Crippen LogP) is 4.26. The van der Waals surface area contributed by atoms with Crippen molar-refractivity contribution in [1.29, 1.82) is 0 Å². The van der Waals surface area contributed by atoms with Gasteiger partial charge >= 0.3 is 0 Å². The first-order chi connectivity index (χ1) is 11.5. The molecule has 3 nitrogen and oxygen atoms in total. The van der Waals surface area contributed by atoms with Gasteiger partial charge in [-0.05, 0) is 37.6 Å². The van der Waals surface area contributed by atoms with Crippen molar-refractivity contribution in [2.75, 3.05) is 24.5 Å². The van der Waals surface area contributed by atoms with Crippen LogP contribution in [0, 0.1) is 11.6 Å². The average molecular weight is 353 g/mol. The van der Waals surface area contributed by atoms with Crippen LogP contribution < -0.4 is 10.2 Å². The van der Waals surface area contributed by atoms with Gasteiger partial charge in [0, 0.05) is 25.3 Å². The molecule has 1 amide bonds. The molecule has 128 valence electrons. The maximum Gasteiger partial charge on any atom is 0.252 e. The molecule has 0 bridgehead atoms. The van der Waals surface area contributed by atoms with Gasteiger partial charge in [-0.15, -0.1) is 0 Å². The molecule has 2 aromatic carbocycles. The summed E-state index contributed by atoms with van der Waals surface area (Å²) in [7, 11) is 0. The second-order valence-corrected chi connectivity index (χ2v) is 5.68. The Balaban J connectivity index is 1.86. The van der Waals surface area contributed by atoms with Crippen molar-refractivity contribution in [2.45, 2.75) is 13.3 Å². The van der Waals surface area contributed by atoms with Crippen LogP contribution in [0.1, 0.15) is 23.7 Å². The highest BCUT2D eigenvalue weighted by Gasteiger charge is 2.14. The van der Waals surface area contributed by atoms with Crippen LogP contribution in [0.4, 0.5) is 14.5 Å². The molecule has 0 atom stereocenters. The minimum absolute atomic E-state index is 0.0639. The van der Waals surface area contributed by atoms with Gasteiger partial charge in [-0.25, -0.2) is 8.78 Å². The minimum atomic E-state index is -1.09. The van der Waals surface area contributed by atoms with Crippen molar-refractivity contribution in [3.05, 3.63) is 64.7 Å². The van der Waals surface area contributed by atoms with E-state index in [2.05, 4.69) is 17.1 Å². The van der Waals surface area contributed by atoms with Gasteiger partial charge < -0.3 is 10.2 Å². The van der Waals surface area contributed by atoms with Crippen LogP contribution in [-0.2, 0) is 0 Å². The zero-order valence-electron chi connectivity index (χ0n) is 13.4. The fourth-order valence-electron chi connectivity index (χ4n) is 2.37. The highest BCUT2D eigenvalue weighted by molar-refractivity contribution is 6.33. The van der Waals surface area contributed by atoms with Crippen molar-refractivity contribution >= 4 is 23.2 Å². The lowest BCUT2D eigenvalue weighted by Gasteiger charge is -2.23. The number of carbonyl (C=O) groups is 1. The van der Waals surface area contributed by atoms with E-state index in [1.807, 2.05) is 30.3 Å². The van der Waals surface area contributed by atoms with Crippen LogP contribution in [0.15, 0.2) is 42.5 Å². The van der Waals surface area contributed by atoms with Gasteiger partial charge in [-0.2, -0.15) is 0 Å². The number of rotatable bonds is 7. The molecule has 0 aliphatic rings. The van der Waals surface area contributed by atoms with Gasteiger partial charge in [-0.3, -0.25) is 4.79 Å². The van der Waals surface area contributed by atoms with Gasteiger partial charge in [0.25, 0.3) is 5.91 Å². The SMILES string of the molecule is CCN(CCCNC(=O)c1cc(F)c(F)cc1Cl)c1ccccc1. The summed E-state index contributed by atoms with van der Waals surface area (Å²) in [6.45, 7) is 4.10. The van der Waals surface area contributed by atoms with Gasteiger partial charge in [0.2, 0.25) is 0 Å². The zero-order chi connectivity index (χ0) is 17.5. The third-order valence-electron chi connectivity index (χ3n) is 3.65. The van der Waals surface area contributed by atoms with E-state index in [-0.39, 0.29) is 10.6 Å². The zero-order valence-corrected chi connectivity index (χ0v) is 14.1. The summed E-state index contributed by atoms with van der Waals surface area (Å²) in [5.74, 6) is -2.68. The van der Waals surface area contributed by atoms with E-state index in [1.54, 1.807) is 0 Å². The highest BCUT2D eigenvalue weighted by atomic mass is 35.5. The Labute approximate surface area is 145 Å². The number of nitrogens with one attached hydrogen (secondary N) is 1. The quantitative estimate of drug-likeness (QED) is 0.596. The molecule has 0 unspecified atom stereocenters. The third kappa shape index (κ3) is 4.68. The first-order valence-corrected chi connectivity index (χ1v) is 8.13. The topological polar surface area (TPSA) is 32.3 Å². The number of carbonyl (C=O) groups excluding carboxylic acids is 1. The summed E-state index contributed by atoms with van der Waals surface area (Å²) in [6.07, 6.45) is 0.718. The highest BCUT2D eigenvalue weighted by Crippen LogP contribution is 2.20. The Kier molecular flexibility index (Phi) is 6.55. The molecule has 0 spiro atoms. The van der Waals surface area contributed by atoms with E-state index in [1.165, 1.54) is 0 Å². The Morgan fingerprint density at radius 3 is 2.50 bits per heavy atom. The van der Waals surface area contributed by atoms with E-state index >= 15 is 0 Å². The number of halogens is 3. The fraction of sp³-hybridized carbons (Fsp3) is 0.278. The van der Waals surface area contributed by atoms with Gasteiger partial charge in [-0.1, -0.05) is 29.8 Å². The van der Waals surface area contributed by atoms with Crippen LogP contribution in [-0.4, -0.2) is 25.5 Å². The number of benzene rings is 2. The van der Waals surface area contributed by atoms with Crippen molar-refractivity contribution in [3.63, 3.8) is 0 Å². The normalized spacial score (nSPS) is 10.5. The smallest absolute Gasteiger partial charge is 0.252 e. The molecule has 0 saturated carbocycles. The molecule has 2 aromatic rings. The monoisotopic (exact) mass is 352 g/mol. The summed E-state index contributed by atoms with van der Waals surface area (Å²) >= 11 is 5.79. The Morgan fingerprint density at radius 1 is 1.17 bits per heavy atom. The lowest BCUT2D eigenvalue weighted by molar-refractivity contribution is 0.0953. The summed E-state index contributed by atoms with van der Waals surface area (Å²) in [5, 5.41) is 2.57. The largest absolute Gasteiger partial charge is 0.372 e. The molecule has 1 N–H and O–H groups in total. The second-order valence-electron chi connectivity index (χ2n) is 5.27. The van der Waals surface area contributed by atoms with Gasteiger partial charge in [0.15, 0.2) is 11.6 Å². The Bertz CT molecular complexity index is 695. The standard InChI is InChI=1S/C18H19ClF2N2O/c1-2-23(13-7-4-3-5-8-13)10-6-9-22-18(24)14-11-16(20)17(21)12-15(14)19/h3-5,7-8,11-12H,2,6,9-10H2,1H3,(H,22,24). The van der Waals surface area contributed by atoms with E-state index < -0.39 is 17.5 Å². The van der Waals surface area contributed by atoms with Crippen molar-refractivity contribution in [2.24, 2.45) is 0 Å². The van der Waals surface area contributed by atoms with Crippen molar-refractivity contribution in [1.82, 2.24) is 5.32 Å². The van der Waals surface area contributed by atoms with Crippen LogP contribution in [0.3, 0.4) is 0 Å². The number of para-hydroxylation sites is 1. The second kappa shape index (κ2) is 8.64. The molecule has 0 saturated heterocycles. The number of anilines is 1. The molecule has 0 fully saturated rings. The first kappa shape index (κ1) is 18.2. The van der Waals surface area contributed by atoms with Gasteiger partial charge in [0.05, 0.1) is 10.6 Å². The van der Waals surface area contributed by atoms with E-state index in [0.717, 1.165) is 37.3 Å². The minimum Gasteiger partial charge on any atom is -0.372 e. The molecular weight excluding hydrogens is 334 g/mol. The molecular formula is C18H19ClF2N2O. The summed E-state index contributed by atoms with van der Waals surface area (Å²) < 4.78 is 26.2. The van der Waals surface area contributed by atoms with E-state index in [9.17, 15) is 13.6 Å². The first-order valence-electron chi connectivity index (χ1n) is 7.75. The summed E-state index contributed by atoms with van der Waals surface area (Å²) in [6, 6.07) is 11.6. The number of amides is 1. The molecule has 2 rings (SSSR count).